The summed E-state index contributed by atoms with van der Waals surface area (Å²) in [5.41, 5.74) is 3.28. The Morgan fingerprint density at radius 1 is 1.04 bits per heavy atom. The second-order valence-electron chi connectivity index (χ2n) is 6.70. The smallest absolute Gasteiger partial charge is 0.224 e. The molecular weight excluding hydrogens is 296 g/mol. The SMILES string of the molecule is CC(C)C[C@@H](NC(=O)Cc1c[nH]c2ccccc12)c1ccccc1. The third-order valence-electron chi connectivity index (χ3n) is 4.27. The molecule has 1 amide bonds. The Kier molecular flexibility index (Phi) is 4.99. The second-order valence-corrected chi connectivity index (χ2v) is 6.70. The molecule has 124 valence electrons. The summed E-state index contributed by atoms with van der Waals surface area (Å²) in [6, 6.07) is 18.4. The molecule has 1 aromatic heterocycles. The second kappa shape index (κ2) is 7.35. The van der Waals surface area contributed by atoms with Crippen molar-refractivity contribution < 1.29 is 4.79 Å². The van der Waals surface area contributed by atoms with Crippen molar-refractivity contribution in [3.8, 4) is 0 Å². The van der Waals surface area contributed by atoms with Crippen molar-refractivity contribution in [2.24, 2.45) is 5.92 Å². The molecule has 0 spiro atoms. The number of benzene rings is 2. The first-order valence-electron chi connectivity index (χ1n) is 8.53. The van der Waals surface area contributed by atoms with Crippen molar-refractivity contribution in [2.75, 3.05) is 0 Å². The summed E-state index contributed by atoms with van der Waals surface area (Å²) in [5, 5.41) is 4.33. The Bertz CT molecular complexity index is 805. The van der Waals surface area contributed by atoms with E-state index in [1.54, 1.807) is 0 Å². The largest absolute Gasteiger partial charge is 0.361 e. The molecule has 0 saturated heterocycles. The predicted molar refractivity (Wildman–Crippen MR) is 98.8 cm³/mol. The van der Waals surface area contributed by atoms with E-state index in [9.17, 15) is 4.79 Å². The number of hydrogen-bond donors (Lipinski definition) is 2. The summed E-state index contributed by atoms with van der Waals surface area (Å²) in [4.78, 5) is 15.8. The van der Waals surface area contributed by atoms with Crippen molar-refractivity contribution in [3.05, 3.63) is 71.9 Å². The van der Waals surface area contributed by atoms with Crippen LogP contribution in [0, 0.1) is 5.92 Å². The maximum Gasteiger partial charge on any atom is 0.224 e. The quantitative estimate of drug-likeness (QED) is 0.684. The summed E-state index contributed by atoms with van der Waals surface area (Å²) < 4.78 is 0. The molecule has 2 N–H and O–H groups in total. The van der Waals surface area contributed by atoms with Crippen LogP contribution in [0.15, 0.2) is 60.8 Å². The topological polar surface area (TPSA) is 44.9 Å². The zero-order valence-corrected chi connectivity index (χ0v) is 14.3. The van der Waals surface area contributed by atoms with Crippen LogP contribution in [0.5, 0.6) is 0 Å². The fourth-order valence-electron chi connectivity index (χ4n) is 3.13. The van der Waals surface area contributed by atoms with E-state index in [-0.39, 0.29) is 11.9 Å². The van der Waals surface area contributed by atoms with Crippen LogP contribution in [0.4, 0.5) is 0 Å². The number of aromatic nitrogens is 1. The molecule has 0 unspecified atom stereocenters. The summed E-state index contributed by atoms with van der Waals surface area (Å²) in [5.74, 6) is 0.581. The van der Waals surface area contributed by atoms with Gasteiger partial charge in [-0.25, -0.2) is 0 Å². The highest BCUT2D eigenvalue weighted by Crippen LogP contribution is 2.22. The molecular formula is C21H24N2O. The molecule has 0 saturated carbocycles. The van der Waals surface area contributed by atoms with Gasteiger partial charge in [0.25, 0.3) is 0 Å². The van der Waals surface area contributed by atoms with Crippen LogP contribution in [0.1, 0.15) is 37.4 Å². The number of para-hydroxylation sites is 1. The van der Waals surface area contributed by atoms with Crippen LogP contribution in [0.3, 0.4) is 0 Å². The molecule has 3 rings (SSSR count). The first-order chi connectivity index (χ1) is 11.6. The van der Waals surface area contributed by atoms with Gasteiger partial charge in [0.05, 0.1) is 12.5 Å². The van der Waals surface area contributed by atoms with E-state index in [2.05, 4.69) is 42.3 Å². The lowest BCUT2D eigenvalue weighted by Gasteiger charge is -2.21. The first kappa shape index (κ1) is 16.3. The van der Waals surface area contributed by atoms with Crippen LogP contribution in [-0.4, -0.2) is 10.9 Å². The molecule has 3 aromatic rings. The van der Waals surface area contributed by atoms with Crippen LogP contribution < -0.4 is 5.32 Å². The lowest BCUT2D eigenvalue weighted by Crippen LogP contribution is -2.30. The summed E-state index contributed by atoms with van der Waals surface area (Å²) >= 11 is 0. The van der Waals surface area contributed by atoms with Crippen LogP contribution in [-0.2, 0) is 11.2 Å². The molecule has 3 nitrogen and oxygen atoms in total. The van der Waals surface area contributed by atoms with Gasteiger partial charge in [0, 0.05) is 17.1 Å². The number of rotatable bonds is 6. The van der Waals surface area contributed by atoms with E-state index in [0.29, 0.717) is 12.3 Å². The Hall–Kier alpha value is -2.55. The number of aromatic amines is 1. The molecule has 0 radical (unpaired) electrons. The van der Waals surface area contributed by atoms with Crippen LogP contribution in [0.25, 0.3) is 10.9 Å². The highest BCUT2D eigenvalue weighted by molar-refractivity contribution is 5.88. The maximum absolute atomic E-state index is 12.6. The van der Waals surface area contributed by atoms with Gasteiger partial charge in [0.2, 0.25) is 5.91 Å². The third kappa shape index (κ3) is 3.85. The molecule has 1 heterocycles. The minimum atomic E-state index is 0.0592. The van der Waals surface area contributed by atoms with E-state index in [4.69, 9.17) is 0 Å². The lowest BCUT2D eigenvalue weighted by atomic mass is 9.96. The number of hydrogen-bond acceptors (Lipinski definition) is 1. The van der Waals surface area contributed by atoms with Gasteiger partial charge in [0.1, 0.15) is 0 Å². The third-order valence-corrected chi connectivity index (χ3v) is 4.27. The highest BCUT2D eigenvalue weighted by Gasteiger charge is 2.17. The Balaban J connectivity index is 1.73. The average Bonchev–Trinajstić information content (AvgIpc) is 2.98. The zero-order valence-electron chi connectivity index (χ0n) is 14.3. The predicted octanol–water partition coefficient (Wildman–Crippen LogP) is 4.61. The minimum Gasteiger partial charge on any atom is -0.361 e. The summed E-state index contributed by atoms with van der Waals surface area (Å²) in [6.07, 6.45) is 3.26. The molecule has 3 heteroatoms. The fourth-order valence-corrected chi connectivity index (χ4v) is 3.13. The molecule has 0 fully saturated rings. The highest BCUT2D eigenvalue weighted by atomic mass is 16.1. The molecule has 0 aliphatic rings. The van der Waals surface area contributed by atoms with Gasteiger partial charge < -0.3 is 10.3 Å². The monoisotopic (exact) mass is 320 g/mol. The van der Waals surface area contributed by atoms with E-state index >= 15 is 0 Å². The molecule has 24 heavy (non-hydrogen) atoms. The molecule has 0 aliphatic carbocycles. The molecule has 2 aromatic carbocycles. The van der Waals surface area contributed by atoms with Gasteiger partial charge in [-0.1, -0.05) is 62.4 Å². The van der Waals surface area contributed by atoms with Crippen LogP contribution >= 0.6 is 0 Å². The van der Waals surface area contributed by atoms with Gasteiger partial charge in [-0.2, -0.15) is 0 Å². The standard InChI is InChI=1S/C21H24N2O/c1-15(2)12-20(16-8-4-3-5-9-16)23-21(24)13-17-14-22-19-11-7-6-10-18(17)19/h3-11,14-15,20,22H,12-13H2,1-2H3,(H,23,24)/t20-/m1/s1. The number of carbonyl (C=O) groups excluding carboxylic acids is 1. The number of nitrogens with one attached hydrogen (secondary N) is 2. The lowest BCUT2D eigenvalue weighted by molar-refractivity contribution is -0.121. The van der Waals surface area contributed by atoms with Crippen molar-refractivity contribution in [3.63, 3.8) is 0 Å². The number of amides is 1. The Labute approximate surface area is 143 Å². The number of carbonyl (C=O) groups is 1. The van der Waals surface area contributed by atoms with Crippen molar-refractivity contribution >= 4 is 16.8 Å². The van der Waals surface area contributed by atoms with Gasteiger partial charge >= 0.3 is 0 Å². The Morgan fingerprint density at radius 2 is 1.75 bits per heavy atom. The van der Waals surface area contributed by atoms with E-state index in [1.807, 2.05) is 42.6 Å². The Morgan fingerprint density at radius 3 is 2.50 bits per heavy atom. The minimum absolute atomic E-state index is 0.0592. The van der Waals surface area contributed by atoms with Crippen LogP contribution in [0.2, 0.25) is 0 Å². The number of fused-ring (bicyclic) bond motifs is 1. The van der Waals surface area contributed by atoms with Crippen molar-refractivity contribution in [2.45, 2.75) is 32.7 Å². The van der Waals surface area contributed by atoms with Crippen molar-refractivity contribution in [1.29, 1.82) is 0 Å². The molecule has 0 bridgehead atoms. The summed E-state index contributed by atoms with van der Waals surface area (Å²) in [6.45, 7) is 4.36. The molecule has 1 atom stereocenters. The maximum atomic E-state index is 12.6. The average molecular weight is 320 g/mol. The van der Waals surface area contributed by atoms with Gasteiger partial charge in [-0.05, 0) is 29.5 Å². The first-order valence-corrected chi connectivity index (χ1v) is 8.53. The zero-order chi connectivity index (χ0) is 16.9. The van der Waals surface area contributed by atoms with Gasteiger partial charge in [-0.15, -0.1) is 0 Å². The fraction of sp³-hybridized carbons (Fsp3) is 0.286. The van der Waals surface area contributed by atoms with Crippen molar-refractivity contribution in [1.82, 2.24) is 10.3 Å². The molecule has 0 aliphatic heterocycles. The number of H-pyrrole nitrogens is 1. The van der Waals surface area contributed by atoms with E-state index < -0.39 is 0 Å². The van der Waals surface area contributed by atoms with Gasteiger partial charge in [0.15, 0.2) is 0 Å². The van der Waals surface area contributed by atoms with E-state index in [1.165, 1.54) is 5.56 Å². The van der Waals surface area contributed by atoms with E-state index in [0.717, 1.165) is 22.9 Å². The normalized spacial score (nSPS) is 12.5. The van der Waals surface area contributed by atoms with Gasteiger partial charge in [-0.3, -0.25) is 4.79 Å². The summed E-state index contributed by atoms with van der Waals surface area (Å²) in [7, 11) is 0.